The molecule has 2 amide bonds. The molecule has 0 aromatic heterocycles. The maximum Gasteiger partial charge on any atom is 0.330 e. The van der Waals surface area contributed by atoms with Gasteiger partial charge >= 0.3 is 5.97 Å². The highest BCUT2D eigenvalue weighted by Gasteiger charge is 2.57. The van der Waals surface area contributed by atoms with Gasteiger partial charge < -0.3 is 15.0 Å². The van der Waals surface area contributed by atoms with Gasteiger partial charge in [-0.1, -0.05) is 38.5 Å². The number of nitrogens with one attached hydrogen (secondary N) is 1. The first-order chi connectivity index (χ1) is 13.0. The van der Waals surface area contributed by atoms with Crippen molar-refractivity contribution in [2.75, 3.05) is 6.61 Å². The standard InChI is InChI=1S/C20H30N2O5/c1-2-27-20(26)16-15(18(24)21-13-9-5-3-6-10-13)17(23)19(25)22(16)14-11-7-4-8-12-14/h13-16H,2-12H2,1H3,(H,21,24)/t15-,16+/m0/s1. The zero-order valence-electron chi connectivity index (χ0n) is 16.1. The third kappa shape index (κ3) is 4.17. The lowest BCUT2D eigenvalue weighted by Gasteiger charge is -2.35. The third-order valence-electron chi connectivity index (χ3n) is 6.07. The van der Waals surface area contributed by atoms with Crippen LogP contribution in [0.25, 0.3) is 0 Å². The predicted molar refractivity (Wildman–Crippen MR) is 97.7 cm³/mol. The van der Waals surface area contributed by atoms with Crippen LogP contribution in [0.15, 0.2) is 0 Å². The molecule has 3 aliphatic rings. The lowest BCUT2D eigenvalue weighted by atomic mass is 9.91. The van der Waals surface area contributed by atoms with Gasteiger partial charge in [0.1, 0.15) is 12.0 Å². The Morgan fingerprint density at radius 1 is 1.00 bits per heavy atom. The fourth-order valence-electron chi connectivity index (χ4n) is 4.72. The molecule has 0 radical (unpaired) electrons. The smallest absolute Gasteiger partial charge is 0.330 e. The molecule has 3 fully saturated rings. The van der Waals surface area contributed by atoms with E-state index < -0.39 is 35.5 Å². The van der Waals surface area contributed by atoms with Gasteiger partial charge in [0, 0.05) is 12.1 Å². The van der Waals surface area contributed by atoms with Crippen LogP contribution < -0.4 is 5.32 Å². The molecule has 2 atom stereocenters. The van der Waals surface area contributed by atoms with E-state index in [0.29, 0.717) is 0 Å². The summed E-state index contributed by atoms with van der Waals surface area (Å²) in [7, 11) is 0. The molecule has 1 N–H and O–H groups in total. The highest BCUT2D eigenvalue weighted by molar-refractivity contribution is 6.44. The van der Waals surface area contributed by atoms with Crippen molar-refractivity contribution in [3.63, 3.8) is 0 Å². The molecule has 27 heavy (non-hydrogen) atoms. The maximum absolute atomic E-state index is 12.9. The molecule has 2 saturated carbocycles. The Labute approximate surface area is 160 Å². The van der Waals surface area contributed by atoms with Crippen molar-refractivity contribution >= 4 is 23.6 Å². The quantitative estimate of drug-likeness (QED) is 0.447. The minimum absolute atomic E-state index is 0.0146. The van der Waals surface area contributed by atoms with Crippen LogP contribution in [0.4, 0.5) is 0 Å². The molecule has 2 aliphatic carbocycles. The number of likely N-dealkylation sites (tertiary alicyclic amines) is 1. The van der Waals surface area contributed by atoms with E-state index in [1.165, 1.54) is 4.90 Å². The lowest BCUT2D eigenvalue weighted by Crippen LogP contribution is -2.52. The molecule has 0 bridgehead atoms. The van der Waals surface area contributed by atoms with Crippen molar-refractivity contribution in [3.8, 4) is 0 Å². The second-order valence-electron chi connectivity index (χ2n) is 7.89. The van der Waals surface area contributed by atoms with Gasteiger partial charge in [-0.3, -0.25) is 14.4 Å². The highest BCUT2D eigenvalue weighted by atomic mass is 16.5. The first kappa shape index (κ1) is 19.8. The molecule has 0 unspecified atom stereocenters. The van der Waals surface area contributed by atoms with Gasteiger partial charge in [-0.15, -0.1) is 0 Å². The molecule has 1 heterocycles. The number of ketones is 1. The number of hydrogen-bond donors (Lipinski definition) is 1. The van der Waals surface area contributed by atoms with Crippen LogP contribution in [0.3, 0.4) is 0 Å². The molecule has 7 heteroatoms. The summed E-state index contributed by atoms with van der Waals surface area (Å²) in [6, 6.07) is -1.28. The van der Waals surface area contributed by atoms with Gasteiger partial charge in [0.25, 0.3) is 5.91 Å². The van der Waals surface area contributed by atoms with E-state index in [1.54, 1.807) is 6.92 Å². The van der Waals surface area contributed by atoms with E-state index in [1.807, 2.05) is 0 Å². The minimum Gasteiger partial charge on any atom is -0.464 e. The van der Waals surface area contributed by atoms with Crippen molar-refractivity contribution in [1.82, 2.24) is 10.2 Å². The Morgan fingerprint density at radius 2 is 1.59 bits per heavy atom. The van der Waals surface area contributed by atoms with Crippen molar-refractivity contribution in [2.45, 2.75) is 89.3 Å². The second-order valence-corrected chi connectivity index (χ2v) is 7.89. The molecular formula is C20H30N2O5. The zero-order chi connectivity index (χ0) is 19.4. The SMILES string of the molecule is CCOC(=O)[C@H]1[C@H](C(=O)NC2CCCCC2)C(=O)C(=O)N1C1CCCCC1. The lowest BCUT2D eigenvalue weighted by molar-refractivity contribution is -0.156. The van der Waals surface area contributed by atoms with Crippen LogP contribution in [-0.2, 0) is 23.9 Å². The van der Waals surface area contributed by atoms with Crippen LogP contribution >= 0.6 is 0 Å². The summed E-state index contributed by atoms with van der Waals surface area (Å²) in [6.07, 6.45) is 9.48. The van der Waals surface area contributed by atoms with Crippen molar-refractivity contribution in [2.24, 2.45) is 5.92 Å². The number of rotatable bonds is 5. The van der Waals surface area contributed by atoms with Gasteiger partial charge in [-0.05, 0) is 32.6 Å². The van der Waals surface area contributed by atoms with Crippen molar-refractivity contribution in [3.05, 3.63) is 0 Å². The number of carbonyl (C=O) groups excluding carboxylic acids is 4. The summed E-state index contributed by atoms with van der Waals surface area (Å²) < 4.78 is 5.15. The van der Waals surface area contributed by atoms with E-state index in [4.69, 9.17) is 4.74 Å². The van der Waals surface area contributed by atoms with Crippen LogP contribution in [0, 0.1) is 5.92 Å². The summed E-state index contributed by atoms with van der Waals surface area (Å²) in [5, 5.41) is 2.92. The molecule has 3 rings (SSSR count). The van der Waals surface area contributed by atoms with Gasteiger partial charge in [0.15, 0.2) is 0 Å². The monoisotopic (exact) mass is 378 g/mol. The Morgan fingerprint density at radius 3 is 2.19 bits per heavy atom. The summed E-state index contributed by atoms with van der Waals surface area (Å²) in [6.45, 7) is 1.83. The fourth-order valence-corrected chi connectivity index (χ4v) is 4.72. The van der Waals surface area contributed by atoms with Crippen molar-refractivity contribution < 1.29 is 23.9 Å². The number of nitrogens with zero attached hydrogens (tertiary/aromatic N) is 1. The Kier molecular flexibility index (Phi) is 6.50. The zero-order valence-corrected chi connectivity index (χ0v) is 16.1. The summed E-state index contributed by atoms with van der Waals surface area (Å²) >= 11 is 0. The largest absolute Gasteiger partial charge is 0.464 e. The van der Waals surface area contributed by atoms with Gasteiger partial charge in [0.2, 0.25) is 11.7 Å². The molecule has 0 aromatic carbocycles. The molecule has 7 nitrogen and oxygen atoms in total. The fraction of sp³-hybridized carbons (Fsp3) is 0.800. The van der Waals surface area contributed by atoms with E-state index in [2.05, 4.69) is 5.32 Å². The summed E-state index contributed by atoms with van der Waals surface area (Å²) in [5.74, 6) is -3.92. The van der Waals surface area contributed by atoms with E-state index in [9.17, 15) is 19.2 Å². The Bertz CT molecular complexity index is 593. The Balaban J connectivity index is 1.82. The molecule has 0 spiro atoms. The molecule has 1 aliphatic heterocycles. The number of Topliss-reactive ketones (excluding diaryl/α,β-unsaturated/α-hetero) is 1. The first-order valence-electron chi connectivity index (χ1n) is 10.4. The number of ether oxygens (including phenoxy) is 1. The maximum atomic E-state index is 12.9. The average Bonchev–Trinajstić information content (AvgIpc) is 2.95. The van der Waals surface area contributed by atoms with E-state index in [0.717, 1.165) is 64.2 Å². The molecule has 1 saturated heterocycles. The summed E-state index contributed by atoms with van der Waals surface area (Å²) in [5.41, 5.74) is 0. The molecular weight excluding hydrogens is 348 g/mol. The van der Waals surface area contributed by atoms with Crippen LogP contribution in [0.1, 0.15) is 71.1 Å². The third-order valence-corrected chi connectivity index (χ3v) is 6.07. The average molecular weight is 378 g/mol. The van der Waals surface area contributed by atoms with Crippen LogP contribution in [0.2, 0.25) is 0 Å². The topological polar surface area (TPSA) is 92.8 Å². The minimum atomic E-state index is -1.29. The number of esters is 1. The number of hydrogen-bond acceptors (Lipinski definition) is 5. The predicted octanol–water partition coefficient (Wildman–Crippen LogP) is 1.73. The van der Waals surface area contributed by atoms with Crippen LogP contribution in [-0.4, -0.2) is 53.2 Å². The summed E-state index contributed by atoms with van der Waals surface area (Å²) in [4.78, 5) is 52.3. The molecule has 150 valence electrons. The van der Waals surface area contributed by atoms with Gasteiger partial charge in [-0.25, -0.2) is 4.79 Å². The van der Waals surface area contributed by atoms with Gasteiger partial charge in [-0.2, -0.15) is 0 Å². The Hall–Kier alpha value is -1.92. The second kappa shape index (κ2) is 8.85. The van der Waals surface area contributed by atoms with Crippen LogP contribution in [0.5, 0.6) is 0 Å². The van der Waals surface area contributed by atoms with Crippen molar-refractivity contribution in [1.29, 1.82) is 0 Å². The van der Waals surface area contributed by atoms with E-state index >= 15 is 0 Å². The highest BCUT2D eigenvalue weighted by Crippen LogP contribution is 2.33. The number of carbonyl (C=O) groups is 4. The van der Waals surface area contributed by atoms with Gasteiger partial charge in [0.05, 0.1) is 6.61 Å². The first-order valence-corrected chi connectivity index (χ1v) is 10.4. The van der Waals surface area contributed by atoms with E-state index in [-0.39, 0.29) is 18.7 Å². The molecule has 0 aromatic rings. The number of amides is 2. The normalized spacial score (nSPS) is 27.7.